The van der Waals surface area contributed by atoms with Gasteiger partial charge in [0.15, 0.2) is 6.10 Å². The number of rotatable bonds is 10. The van der Waals surface area contributed by atoms with E-state index in [4.69, 9.17) is 4.74 Å². The van der Waals surface area contributed by atoms with Crippen molar-refractivity contribution in [1.29, 1.82) is 0 Å². The Morgan fingerprint density at radius 2 is 1.57 bits per heavy atom. The van der Waals surface area contributed by atoms with Gasteiger partial charge in [-0.3, -0.25) is 4.79 Å². The van der Waals surface area contributed by atoms with Gasteiger partial charge in [0.1, 0.15) is 0 Å². The zero-order chi connectivity index (χ0) is 17.1. The van der Waals surface area contributed by atoms with E-state index in [0.29, 0.717) is 25.1 Å². The zero-order valence-corrected chi connectivity index (χ0v) is 14.6. The summed E-state index contributed by atoms with van der Waals surface area (Å²) in [7, 11) is 0. The highest BCUT2D eigenvalue weighted by Crippen LogP contribution is 2.12. The van der Waals surface area contributed by atoms with Crippen LogP contribution in [0.1, 0.15) is 63.2 Å². The summed E-state index contributed by atoms with van der Waals surface area (Å²) in [5, 5.41) is 0. The third-order valence-corrected chi connectivity index (χ3v) is 3.79. The molecule has 0 aliphatic heterocycles. The van der Waals surface area contributed by atoms with Crippen molar-refractivity contribution in [3.63, 3.8) is 0 Å². The number of unbranched alkanes of at least 4 members (excludes halogenated alkanes) is 2. The molecule has 0 aromatic heterocycles. The van der Waals surface area contributed by atoms with Crippen LogP contribution in [0.5, 0.6) is 0 Å². The van der Waals surface area contributed by atoms with Gasteiger partial charge >= 0.3 is 6.09 Å². The minimum Gasteiger partial charge on any atom is -0.438 e. The Balaban J connectivity index is 2.70. The predicted octanol–water partition coefficient (Wildman–Crippen LogP) is 4.69. The van der Waals surface area contributed by atoms with Crippen LogP contribution in [-0.2, 0) is 4.74 Å². The molecule has 0 radical (unpaired) electrons. The number of ketones is 1. The van der Waals surface area contributed by atoms with Gasteiger partial charge in [0, 0.05) is 18.7 Å². The highest BCUT2D eigenvalue weighted by molar-refractivity contribution is 6.00. The van der Waals surface area contributed by atoms with Crippen molar-refractivity contribution in [3.8, 4) is 0 Å². The maximum absolute atomic E-state index is 12.5. The van der Waals surface area contributed by atoms with Gasteiger partial charge in [-0.05, 0) is 19.3 Å². The molecule has 1 aromatic carbocycles. The number of ether oxygens (including phenoxy) is 1. The standard InChI is InChI=1S/C19H29NO3/c1-4-7-14-20(15-8-5-2)19(22)23-17(6-3)18(21)16-12-10-9-11-13-16/h9-13,17H,4-8,14-15H2,1-3H3. The second-order valence-electron chi connectivity index (χ2n) is 5.71. The van der Waals surface area contributed by atoms with Crippen LogP contribution in [0, 0.1) is 0 Å². The van der Waals surface area contributed by atoms with Crippen molar-refractivity contribution in [3.05, 3.63) is 35.9 Å². The molecule has 4 heteroatoms. The van der Waals surface area contributed by atoms with Gasteiger partial charge in [-0.15, -0.1) is 0 Å². The smallest absolute Gasteiger partial charge is 0.410 e. The summed E-state index contributed by atoms with van der Waals surface area (Å²) in [6, 6.07) is 9.00. The molecular weight excluding hydrogens is 290 g/mol. The average molecular weight is 319 g/mol. The van der Waals surface area contributed by atoms with E-state index in [-0.39, 0.29) is 11.9 Å². The Morgan fingerprint density at radius 1 is 1.00 bits per heavy atom. The first kappa shape index (κ1) is 19.2. The van der Waals surface area contributed by atoms with Gasteiger partial charge < -0.3 is 9.64 Å². The van der Waals surface area contributed by atoms with Crippen molar-refractivity contribution in [2.24, 2.45) is 0 Å². The molecule has 1 unspecified atom stereocenters. The van der Waals surface area contributed by atoms with Crippen LogP contribution in [0.3, 0.4) is 0 Å². The highest BCUT2D eigenvalue weighted by atomic mass is 16.6. The Kier molecular flexibility index (Phi) is 9.03. The molecule has 1 aromatic rings. The Hall–Kier alpha value is -1.84. The maximum Gasteiger partial charge on any atom is 0.410 e. The first-order valence-electron chi connectivity index (χ1n) is 8.68. The molecule has 128 valence electrons. The summed E-state index contributed by atoms with van der Waals surface area (Å²) in [5.41, 5.74) is 0.584. The molecule has 0 N–H and O–H groups in total. The highest BCUT2D eigenvalue weighted by Gasteiger charge is 2.25. The minimum atomic E-state index is -0.712. The van der Waals surface area contributed by atoms with E-state index in [2.05, 4.69) is 13.8 Å². The van der Waals surface area contributed by atoms with Crippen LogP contribution in [0.4, 0.5) is 4.79 Å². The second-order valence-corrected chi connectivity index (χ2v) is 5.71. The predicted molar refractivity (Wildman–Crippen MR) is 92.7 cm³/mol. The lowest BCUT2D eigenvalue weighted by Crippen LogP contribution is -2.38. The number of nitrogens with zero attached hydrogens (tertiary/aromatic N) is 1. The first-order chi connectivity index (χ1) is 11.1. The van der Waals surface area contributed by atoms with Gasteiger partial charge in [0.05, 0.1) is 0 Å². The molecule has 0 saturated carbocycles. The topological polar surface area (TPSA) is 46.6 Å². The number of benzene rings is 1. The Labute approximate surface area is 139 Å². The van der Waals surface area contributed by atoms with E-state index in [1.54, 1.807) is 17.0 Å². The second kappa shape index (κ2) is 10.8. The fraction of sp³-hybridized carbons (Fsp3) is 0.579. The van der Waals surface area contributed by atoms with E-state index >= 15 is 0 Å². The van der Waals surface area contributed by atoms with Gasteiger partial charge in [-0.25, -0.2) is 4.79 Å². The summed E-state index contributed by atoms with van der Waals surface area (Å²) in [4.78, 5) is 26.6. The molecule has 4 nitrogen and oxygen atoms in total. The first-order valence-corrected chi connectivity index (χ1v) is 8.68. The quantitative estimate of drug-likeness (QED) is 0.588. The number of Topliss-reactive ketones (excluding diaryl/α,β-unsaturated/α-hetero) is 1. The molecule has 1 amide bonds. The van der Waals surface area contributed by atoms with Crippen LogP contribution in [0.2, 0.25) is 0 Å². The molecule has 0 bridgehead atoms. The summed E-state index contributed by atoms with van der Waals surface area (Å²) in [5.74, 6) is -0.132. The summed E-state index contributed by atoms with van der Waals surface area (Å²) in [6.45, 7) is 7.42. The number of hydrogen-bond acceptors (Lipinski definition) is 3. The van der Waals surface area contributed by atoms with Gasteiger partial charge in [0.2, 0.25) is 5.78 Å². The monoisotopic (exact) mass is 319 g/mol. The molecule has 0 saturated heterocycles. The average Bonchev–Trinajstić information content (AvgIpc) is 2.59. The fourth-order valence-corrected chi connectivity index (χ4v) is 2.30. The molecule has 0 spiro atoms. The van der Waals surface area contributed by atoms with Crippen LogP contribution in [0.25, 0.3) is 0 Å². The number of amides is 1. The van der Waals surface area contributed by atoms with E-state index in [1.807, 2.05) is 25.1 Å². The van der Waals surface area contributed by atoms with Crippen molar-refractivity contribution in [2.45, 2.75) is 59.0 Å². The molecule has 0 aliphatic rings. The largest absolute Gasteiger partial charge is 0.438 e. The normalized spacial score (nSPS) is 11.8. The Bertz CT molecular complexity index is 465. The molecule has 23 heavy (non-hydrogen) atoms. The number of carbonyl (C=O) groups excluding carboxylic acids is 2. The summed E-state index contributed by atoms with van der Waals surface area (Å²) in [6.07, 6.45) is 3.34. The number of hydrogen-bond donors (Lipinski definition) is 0. The molecule has 1 rings (SSSR count). The molecule has 0 aliphatic carbocycles. The maximum atomic E-state index is 12.5. The van der Waals surface area contributed by atoms with Crippen molar-refractivity contribution >= 4 is 11.9 Å². The van der Waals surface area contributed by atoms with E-state index in [0.717, 1.165) is 25.7 Å². The van der Waals surface area contributed by atoms with Crippen LogP contribution >= 0.6 is 0 Å². The van der Waals surface area contributed by atoms with Crippen LogP contribution in [0.15, 0.2) is 30.3 Å². The molecule has 0 heterocycles. The zero-order valence-electron chi connectivity index (χ0n) is 14.6. The summed E-state index contributed by atoms with van der Waals surface area (Å²) >= 11 is 0. The van der Waals surface area contributed by atoms with Gasteiger partial charge in [0.25, 0.3) is 0 Å². The van der Waals surface area contributed by atoms with Crippen LogP contribution < -0.4 is 0 Å². The van der Waals surface area contributed by atoms with Gasteiger partial charge in [-0.2, -0.15) is 0 Å². The van der Waals surface area contributed by atoms with Crippen molar-refractivity contribution in [1.82, 2.24) is 4.90 Å². The van der Waals surface area contributed by atoms with E-state index in [1.165, 1.54) is 0 Å². The lowest BCUT2D eigenvalue weighted by Gasteiger charge is -2.24. The van der Waals surface area contributed by atoms with Crippen LogP contribution in [-0.4, -0.2) is 36.0 Å². The van der Waals surface area contributed by atoms with Crippen molar-refractivity contribution < 1.29 is 14.3 Å². The van der Waals surface area contributed by atoms with E-state index in [9.17, 15) is 9.59 Å². The third kappa shape index (κ3) is 6.43. The summed E-state index contributed by atoms with van der Waals surface area (Å²) < 4.78 is 5.51. The molecule has 0 fully saturated rings. The lowest BCUT2D eigenvalue weighted by molar-refractivity contribution is 0.0474. The minimum absolute atomic E-state index is 0.132. The van der Waals surface area contributed by atoms with E-state index < -0.39 is 6.10 Å². The Morgan fingerprint density at radius 3 is 2.04 bits per heavy atom. The fourth-order valence-electron chi connectivity index (χ4n) is 2.30. The van der Waals surface area contributed by atoms with Crippen molar-refractivity contribution in [2.75, 3.05) is 13.1 Å². The van der Waals surface area contributed by atoms with Gasteiger partial charge in [-0.1, -0.05) is 63.9 Å². The number of carbonyl (C=O) groups is 2. The lowest BCUT2D eigenvalue weighted by atomic mass is 10.0. The molecule has 1 atom stereocenters. The SMILES string of the molecule is CCCCN(CCCC)C(=O)OC(CC)C(=O)c1ccccc1. The molecular formula is C19H29NO3. The third-order valence-electron chi connectivity index (χ3n) is 3.79.